The first-order valence-electron chi connectivity index (χ1n) is 9.83. The van der Waals surface area contributed by atoms with Crippen molar-refractivity contribution in [1.82, 2.24) is 9.21 Å². The van der Waals surface area contributed by atoms with Crippen LogP contribution in [0.15, 0.2) is 51.8 Å². The number of carbonyl (C=O) groups is 1. The van der Waals surface area contributed by atoms with E-state index in [9.17, 15) is 17.6 Å². The number of rotatable bonds is 3. The summed E-state index contributed by atoms with van der Waals surface area (Å²) in [5.74, 6) is -0.761. The first-order valence-corrected chi connectivity index (χ1v) is 11.3. The average Bonchev–Trinajstić information content (AvgIpc) is 2.90. The molecule has 1 aliphatic rings. The van der Waals surface area contributed by atoms with E-state index in [1.165, 1.54) is 10.4 Å². The van der Waals surface area contributed by atoms with Crippen LogP contribution in [0.4, 0.5) is 4.39 Å². The molecule has 8 heteroatoms. The lowest BCUT2D eigenvalue weighted by Gasteiger charge is -2.21. The van der Waals surface area contributed by atoms with Gasteiger partial charge in [-0.2, -0.15) is 4.31 Å². The zero-order valence-corrected chi connectivity index (χ0v) is 17.7. The van der Waals surface area contributed by atoms with Gasteiger partial charge in [0.25, 0.3) is 5.91 Å². The summed E-state index contributed by atoms with van der Waals surface area (Å²) in [5.41, 5.74) is 1.64. The van der Waals surface area contributed by atoms with Crippen LogP contribution in [0.1, 0.15) is 28.1 Å². The first-order chi connectivity index (χ1) is 14.3. The molecule has 0 saturated carbocycles. The van der Waals surface area contributed by atoms with Crippen molar-refractivity contribution in [2.24, 2.45) is 0 Å². The zero-order valence-electron chi connectivity index (χ0n) is 16.9. The van der Waals surface area contributed by atoms with Gasteiger partial charge in [0.1, 0.15) is 0 Å². The van der Waals surface area contributed by atoms with Crippen LogP contribution in [0.3, 0.4) is 0 Å². The predicted molar refractivity (Wildman–Crippen MR) is 111 cm³/mol. The molecule has 4 rings (SSSR count). The van der Waals surface area contributed by atoms with Crippen molar-refractivity contribution in [3.8, 4) is 0 Å². The van der Waals surface area contributed by atoms with E-state index in [-0.39, 0.29) is 35.2 Å². The maximum atomic E-state index is 14.0. The van der Waals surface area contributed by atoms with Crippen LogP contribution >= 0.6 is 0 Å². The average molecular weight is 431 g/mol. The molecule has 158 valence electrons. The number of fused-ring (bicyclic) bond motifs is 1. The number of benzene rings is 2. The van der Waals surface area contributed by atoms with Crippen LogP contribution in [0.2, 0.25) is 0 Å². The van der Waals surface area contributed by atoms with Gasteiger partial charge in [-0.3, -0.25) is 4.79 Å². The normalized spacial score (nSPS) is 16.0. The van der Waals surface area contributed by atoms with Gasteiger partial charge in [0.15, 0.2) is 17.2 Å². The van der Waals surface area contributed by atoms with Gasteiger partial charge in [-0.15, -0.1) is 0 Å². The minimum Gasteiger partial charge on any atom is -0.448 e. The highest BCUT2D eigenvalue weighted by Crippen LogP contribution is 2.28. The van der Waals surface area contributed by atoms with Crippen molar-refractivity contribution in [3.05, 3.63) is 65.2 Å². The number of amides is 1. The van der Waals surface area contributed by atoms with Crippen molar-refractivity contribution in [2.45, 2.75) is 25.2 Å². The fourth-order valence-corrected chi connectivity index (χ4v) is 5.22. The van der Waals surface area contributed by atoms with E-state index in [2.05, 4.69) is 0 Å². The van der Waals surface area contributed by atoms with Crippen molar-refractivity contribution in [3.63, 3.8) is 0 Å². The number of hydrogen-bond acceptors (Lipinski definition) is 4. The second-order valence-corrected chi connectivity index (χ2v) is 9.47. The molecule has 30 heavy (non-hydrogen) atoms. The van der Waals surface area contributed by atoms with Gasteiger partial charge >= 0.3 is 0 Å². The number of para-hydroxylation sites is 1. The third-order valence-corrected chi connectivity index (χ3v) is 7.42. The van der Waals surface area contributed by atoms with Crippen LogP contribution in [-0.2, 0) is 10.0 Å². The Hall–Kier alpha value is -2.71. The van der Waals surface area contributed by atoms with Crippen molar-refractivity contribution < 1.29 is 22.0 Å². The zero-order chi connectivity index (χ0) is 21.5. The van der Waals surface area contributed by atoms with Crippen LogP contribution < -0.4 is 0 Å². The summed E-state index contributed by atoms with van der Waals surface area (Å²) in [6, 6.07) is 11.3. The number of aryl methyl sites for hydroxylation is 2. The van der Waals surface area contributed by atoms with E-state index in [4.69, 9.17) is 4.42 Å². The van der Waals surface area contributed by atoms with Crippen molar-refractivity contribution >= 4 is 26.9 Å². The Labute approximate surface area is 174 Å². The highest BCUT2D eigenvalue weighted by atomic mass is 32.2. The van der Waals surface area contributed by atoms with Gasteiger partial charge in [-0.05, 0) is 38.5 Å². The molecule has 1 aromatic heterocycles. The molecule has 6 nitrogen and oxygen atoms in total. The van der Waals surface area contributed by atoms with Gasteiger partial charge in [-0.25, -0.2) is 12.8 Å². The second kappa shape index (κ2) is 7.85. The predicted octanol–water partition coefficient (Wildman–Crippen LogP) is 3.73. The Bertz CT molecular complexity index is 1200. The third kappa shape index (κ3) is 3.61. The van der Waals surface area contributed by atoms with Crippen molar-refractivity contribution in [1.29, 1.82) is 0 Å². The number of furan rings is 1. The standard InChI is InChI=1S/C22H23FN2O4S/c1-15-7-9-17(10-8-15)30(27,28)25-12-4-11-24(13-14-25)22(26)20-16(2)18-5-3-6-19(23)21(18)29-20/h3,5-10H,4,11-14H2,1-2H3. The molecule has 0 N–H and O–H groups in total. The van der Waals surface area contributed by atoms with Crippen LogP contribution in [0.25, 0.3) is 11.0 Å². The molecule has 0 spiro atoms. The molecule has 3 aromatic rings. The van der Waals surface area contributed by atoms with E-state index in [0.717, 1.165) is 5.56 Å². The molecule has 0 radical (unpaired) electrons. The first kappa shape index (κ1) is 20.6. The number of carbonyl (C=O) groups excluding carboxylic acids is 1. The molecular formula is C22H23FN2O4S. The highest BCUT2D eigenvalue weighted by Gasteiger charge is 2.30. The summed E-state index contributed by atoms with van der Waals surface area (Å²) >= 11 is 0. The molecule has 2 aromatic carbocycles. The Morgan fingerprint density at radius 2 is 1.73 bits per heavy atom. The summed E-state index contributed by atoms with van der Waals surface area (Å²) in [6.07, 6.45) is 0.504. The molecule has 0 unspecified atom stereocenters. The number of hydrogen-bond donors (Lipinski definition) is 0. The summed E-state index contributed by atoms with van der Waals surface area (Å²) in [5, 5.41) is 0.566. The smallest absolute Gasteiger partial charge is 0.289 e. The number of sulfonamides is 1. The molecule has 0 aliphatic carbocycles. The Kier molecular flexibility index (Phi) is 5.38. The lowest BCUT2D eigenvalue weighted by molar-refractivity contribution is 0.0733. The molecule has 1 fully saturated rings. The minimum atomic E-state index is -3.63. The largest absolute Gasteiger partial charge is 0.448 e. The van der Waals surface area contributed by atoms with E-state index in [1.54, 1.807) is 48.2 Å². The SMILES string of the molecule is Cc1ccc(S(=O)(=O)N2CCCN(C(=O)c3oc4c(F)cccc4c3C)CC2)cc1. The van der Waals surface area contributed by atoms with Crippen LogP contribution in [-0.4, -0.2) is 49.7 Å². The van der Waals surface area contributed by atoms with Gasteiger partial charge in [0.05, 0.1) is 4.90 Å². The van der Waals surface area contributed by atoms with E-state index in [1.807, 2.05) is 6.92 Å². The van der Waals surface area contributed by atoms with E-state index < -0.39 is 15.8 Å². The molecular weight excluding hydrogens is 407 g/mol. The van der Waals surface area contributed by atoms with Gasteiger partial charge in [0.2, 0.25) is 10.0 Å². The van der Waals surface area contributed by atoms with E-state index >= 15 is 0 Å². The fourth-order valence-electron chi connectivity index (χ4n) is 3.75. The Balaban J connectivity index is 1.55. The molecule has 0 bridgehead atoms. The lowest BCUT2D eigenvalue weighted by Crippen LogP contribution is -2.37. The highest BCUT2D eigenvalue weighted by molar-refractivity contribution is 7.89. The third-order valence-electron chi connectivity index (χ3n) is 5.51. The summed E-state index contributed by atoms with van der Waals surface area (Å²) in [4.78, 5) is 14.9. The van der Waals surface area contributed by atoms with Crippen molar-refractivity contribution in [2.75, 3.05) is 26.2 Å². The summed E-state index contributed by atoms with van der Waals surface area (Å²) in [7, 11) is -3.63. The maximum absolute atomic E-state index is 14.0. The quantitative estimate of drug-likeness (QED) is 0.635. The second-order valence-electron chi connectivity index (χ2n) is 7.54. The number of nitrogens with zero attached hydrogens (tertiary/aromatic N) is 2. The summed E-state index contributed by atoms with van der Waals surface area (Å²) in [6.45, 7) is 4.78. The monoisotopic (exact) mass is 430 g/mol. The molecule has 0 atom stereocenters. The van der Waals surface area contributed by atoms with E-state index in [0.29, 0.717) is 30.5 Å². The Morgan fingerprint density at radius 3 is 2.43 bits per heavy atom. The van der Waals surface area contributed by atoms with Crippen LogP contribution in [0, 0.1) is 19.7 Å². The van der Waals surface area contributed by atoms with Gasteiger partial charge in [0, 0.05) is 37.1 Å². The summed E-state index contributed by atoms with van der Waals surface area (Å²) < 4.78 is 46.9. The Morgan fingerprint density at radius 1 is 1.00 bits per heavy atom. The van der Waals surface area contributed by atoms with Crippen LogP contribution in [0.5, 0.6) is 0 Å². The minimum absolute atomic E-state index is 0.0664. The maximum Gasteiger partial charge on any atom is 0.289 e. The fraction of sp³-hybridized carbons (Fsp3) is 0.318. The molecule has 1 amide bonds. The molecule has 1 aliphatic heterocycles. The topological polar surface area (TPSA) is 70.8 Å². The van der Waals surface area contributed by atoms with Gasteiger partial charge < -0.3 is 9.32 Å². The lowest BCUT2D eigenvalue weighted by atomic mass is 10.1. The van der Waals surface area contributed by atoms with Gasteiger partial charge in [-0.1, -0.05) is 29.8 Å². The molecule has 1 saturated heterocycles. The molecule has 2 heterocycles. The number of halogens is 1.